The molecule has 1 aromatic carbocycles. The fourth-order valence-corrected chi connectivity index (χ4v) is 1.48. The van der Waals surface area contributed by atoms with E-state index in [2.05, 4.69) is 41.4 Å². The van der Waals surface area contributed by atoms with Crippen LogP contribution >= 0.6 is 0 Å². The standard InChI is InChI=1S/C12H15N3O/c1-9-2-4-10(5-3-9)6-7-11-14-15-12(8-13)16-11/h2-5H,6-8,13H2,1H3. The van der Waals surface area contributed by atoms with Crippen LogP contribution in [0.1, 0.15) is 22.9 Å². The van der Waals surface area contributed by atoms with Crippen LogP contribution in [0, 0.1) is 6.92 Å². The predicted molar refractivity (Wildman–Crippen MR) is 60.8 cm³/mol. The number of aromatic nitrogens is 2. The van der Waals surface area contributed by atoms with Gasteiger partial charge in [-0.15, -0.1) is 10.2 Å². The molecule has 0 amide bonds. The highest BCUT2D eigenvalue weighted by Crippen LogP contribution is 2.08. The molecule has 0 aliphatic heterocycles. The second-order valence-corrected chi connectivity index (χ2v) is 3.78. The van der Waals surface area contributed by atoms with Gasteiger partial charge in [0.1, 0.15) is 0 Å². The zero-order valence-electron chi connectivity index (χ0n) is 9.31. The summed E-state index contributed by atoms with van der Waals surface area (Å²) in [6.45, 7) is 2.38. The second kappa shape index (κ2) is 4.90. The van der Waals surface area contributed by atoms with Crippen molar-refractivity contribution in [1.29, 1.82) is 0 Å². The number of rotatable bonds is 4. The summed E-state index contributed by atoms with van der Waals surface area (Å²) in [7, 11) is 0. The SMILES string of the molecule is Cc1ccc(CCc2nnc(CN)o2)cc1. The van der Waals surface area contributed by atoms with Gasteiger partial charge in [0.05, 0.1) is 6.54 Å². The zero-order chi connectivity index (χ0) is 11.4. The first-order valence-electron chi connectivity index (χ1n) is 5.35. The molecule has 4 heteroatoms. The third-order valence-corrected chi connectivity index (χ3v) is 2.43. The first kappa shape index (κ1) is 10.8. The van der Waals surface area contributed by atoms with Gasteiger partial charge in [-0.05, 0) is 18.9 Å². The van der Waals surface area contributed by atoms with E-state index in [1.165, 1.54) is 11.1 Å². The van der Waals surface area contributed by atoms with Crippen LogP contribution < -0.4 is 5.73 Å². The van der Waals surface area contributed by atoms with E-state index in [1.54, 1.807) is 0 Å². The monoisotopic (exact) mass is 217 g/mol. The van der Waals surface area contributed by atoms with Gasteiger partial charge in [-0.25, -0.2) is 0 Å². The summed E-state index contributed by atoms with van der Waals surface area (Å²) in [5.41, 5.74) is 7.94. The average molecular weight is 217 g/mol. The van der Waals surface area contributed by atoms with E-state index in [-0.39, 0.29) is 0 Å². The first-order chi connectivity index (χ1) is 7.78. The van der Waals surface area contributed by atoms with Crippen LogP contribution in [0.2, 0.25) is 0 Å². The Kier molecular flexibility index (Phi) is 3.31. The maximum Gasteiger partial charge on any atom is 0.230 e. The number of hydrogen-bond acceptors (Lipinski definition) is 4. The summed E-state index contributed by atoms with van der Waals surface area (Å²) < 4.78 is 5.33. The predicted octanol–water partition coefficient (Wildman–Crippen LogP) is 1.62. The molecule has 0 unspecified atom stereocenters. The Labute approximate surface area is 94.5 Å². The molecule has 0 aliphatic rings. The van der Waals surface area contributed by atoms with Crippen LogP contribution in [0.15, 0.2) is 28.7 Å². The summed E-state index contributed by atoms with van der Waals surface area (Å²) in [4.78, 5) is 0. The van der Waals surface area contributed by atoms with E-state index in [1.807, 2.05) is 0 Å². The molecule has 84 valence electrons. The summed E-state index contributed by atoms with van der Waals surface area (Å²) in [5.74, 6) is 1.15. The molecule has 0 bridgehead atoms. The third kappa shape index (κ3) is 2.67. The highest BCUT2D eigenvalue weighted by atomic mass is 16.4. The molecule has 1 aromatic heterocycles. The van der Waals surface area contributed by atoms with Crippen LogP contribution in [0.25, 0.3) is 0 Å². The van der Waals surface area contributed by atoms with Crippen molar-refractivity contribution in [2.75, 3.05) is 0 Å². The molecule has 0 spiro atoms. The Balaban J connectivity index is 1.94. The molecule has 0 saturated carbocycles. The van der Waals surface area contributed by atoms with E-state index in [0.717, 1.165) is 12.8 Å². The normalized spacial score (nSPS) is 10.6. The van der Waals surface area contributed by atoms with Crippen molar-refractivity contribution >= 4 is 0 Å². The second-order valence-electron chi connectivity index (χ2n) is 3.78. The van der Waals surface area contributed by atoms with Crippen LogP contribution in [0.4, 0.5) is 0 Å². The van der Waals surface area contributed by atoms with Gasteiger partial charge < -0.3 is 10.2 Å². The van der Waals surface area contributed by atoms with Crippen molar-refractivity contribution in [3.63, 3.8) is 0 Å². The Morgan fingerprint density at radius 1 is 1.06 bits per heavy atom. The van der Waals surface area contributed by atoms with Gasteiger partial charge in [0, 0.05) is 6.42 Å². The average Bonchev–Trinajstić information content (AvgIpc) is 2.76. The van der Waals surface area contributed by atoms with E-state index < -0.39 is 0 Å². The maximum atomic E-state index is 5.39. The lowest BCUT2D eigenvalue weighted by atomic mass is 10.1. The molecule has 0 fully saturated rings. The molecule has 0 atom stereocenters. The van der Waals surface area contributed by atoms with E-state index in [0.29, 0.717) is 18.3 Å². The quantitative estimate of drug-likeness (QED) is 0.845. The molecule has 0 aliphatic carbocycles. The Hall–Kier alpha value is -1.68. The van der Waals surface area contributed by atoms with Crippen LogP contribution in [-0.4, -0.2) is 10.2 Å². The van der Waals surface area contributed by atoms with E-state index in [4.69, 9.17) is 10.2 Å². The topological polar surface area (TPSA) is 64.9 Å². The van der Waals surface area contributed by atoms with Gasteiger partial charge in [-0.3, -0.25) is 0 Å². The van der Waals surface area contributed by atoms with Gasteiger partial charge in [-0.2, -0.15) is 0 Å². The molecule has 2 N–H and O–H groups in total. The molecule has 1 heterocycles. The van der Waals surface area contributed by atoms with Crippen LogP contribution in [-0.2, 0) is 19.4 Å². The smallest absolute Gasteiger partial charge is 0.230 e. The van der Waals surface area contributed by atoms with E-state index >= 15 is 0 Å². The molecular formula is C12H15N3O. The summed E-state index contributed by atoms with van der Waals surface area (Å²) >= 11 is 0. The Morgan fingerprint density at radius 2 is 1.75 bits per heavy atom. The van der Waals surface area contributed by atoms with Gasteiger partial charge in [-0.1, -0.05) is 29.8 Å². The minimum absolute atomic E-state index is 0.303. The highest BCUT2D eigenvalue weighted by molar-refractivity contribution is 5.21. The van der Waals surface area contributed by atoms with Gasteiger partial charge in [0.2, 0.25) is 11.8 Å². The molecule has 2 aromatic rings. The number of nitrogens with two attached hydrogens (primary N) is 1. The Bertz CT molecular complexity index is 448. The maximum absolute atomic E-state index is 5.39. The lowest BCUT2D eigenvalue weighted by molar-refractivity contribution is 0.450. The van der Waals surface area contributed by atoms with Gasteiger partial charge >= 0.3 is 0 Å². The largest absolute Gasteiger partial charge is 0.424 e. The summed E-state index contributed by atoms with van der Waals surface area (Å²) in [6, 6.07) is 8.45. The number of nitrogens with zero attached hydrogens (tertiary/aromatic N) is 2. The fourth-order valence-electron chi connectivity index (χ4n) is 1.48. The lowest BCUT2D eigenvalue weighted by Gasteiger charge is -1.98. The number of hydrogen-bond donors (Lipinski definition) is 1. The molecular weight excluding hydrogens is 202 g/mol. The summed E-state index contributed by atoms with van der Waals surface area (Å²) in [6.07, 6.45) is 1.67. The lowest BCUT2D eigenvalue weighted by Crippen LogP contribution is -1.95. The van der Waals surface area contributed by atoms with Crippen molar-refractivity contribution < 1.29 is 4.42 Å². The van der Waals surface area contributed by atoms with Crippen molar-refractivity contribution in [1.82, 2.24) is 10.2 Å². The zero-order valence-corrected chi connectivity index (χ0v) is 9.31. The minimum Gasteiger partial charge on any atom is -0.424 e. The van der Waals surface area contributed by atoms with Crippen LogP contribution in [0.5, 0.6) is 0 Å². The summed E-state index contributed by atoms with van der Waals surface area (Å²) in [5, 5.41) is 7.74. The highest BCUT2D eigenvalue weighted by Gasteiger charge is 2.04. The molecule has 4 nitrogen and oxygen atoms in total. The van der Waals surface area contributed by atoms with Crippen molar-refractivity contribution in [3.8, 4) is 0 Å². The fraction of sp³-hybridized carbons (Fsp3) is 0.333. The van der Waals surface area contributed by atoms with Crippen molar-refractivity contribution in [2.45, 2.75) is 26.3 Å². The third-order valence-electron chi connectivity index (χ3n) is 2.43. The first-order valence-corrected chi connectivity index (χ1v) is 5.35. The van der Waals surface area contributed by atoms with Crippen LogP contribution in [0.3, 0.4) is 0 Å². The molecule has 0 saturated heterocycles. The van der Waals surface area contributed by atoms with Gasteiger partial charge in [0.25, 0.3) is 0 Å². The van der Waals surface area contributed by atoms with Crippen molar-refractivity contribution in [3.05, 3.63) is 47.2 Å². The molecule has 2 rings (SSSR count). The van der Waals surface area contributed by atoms with Gasteiger partial charge in [0.15, 0.2) is 0 Å². The minimum atomic E-state index is 0.303. The molecule has 16 heavy (non-hydrogen) atoms. The van der Waals surface area contributed by atoms with Crippen molar-refractivity contribution in [2.24, 2.45) is 5.73 Å². The molecule has 0 radical (unpaired) electrons. The Morgan fingerprint density at radius 3 is 2.38 bits per heavy atom. The van der Waals surface area contributed by atoms with E-state index in [9.17, 15) is 0 Å². The number of benzene rings is 1. The number of aryl methyl sites for hydroxylation is 3.